The zero-order chi connectivity index (χ0) is 15.7. The van der Waals surface area contributed by atoms with Crippen LogP contribution in [0.1, 0.15) is 50.2 Å². The number of aryl methyl sites for hydroxylation is 1. The van der Waals surface area contributed by atoms with Gasteiger partial charge in [-0.2, -0.15) is 0 Å². The maximum absolute atomic E-state index is 12.1. The number of hydrogen-bond donors (Lipinski definition) is 1. The van der Waals surface area contributed by atoms with E-state index in [9.17, 15) is 8.42 Å². The summed E-state index contributed by atoms with van der Waals surface area (Å²) in [6, 6.07) is 8.56. The van der Waals surface area contributed by atoms with Gasteiger partial charge in [0.1, 0.15) is 0 Å². The fourth-order valence-electron chi connectivity index (χ4n) is 3.39. The molecule has 0 spiro atoms. The van der Waals surface area contributed by atoms with Gasteiger partial charge in [0.2, 0.25) is 0 Å². The van der Waals surface area contributed by atoms with E-state index < -0.39 is 14.6 Å². The first-order chi connectivity index (χ1) is 9.77. The third-order valence-corrected chi connectivity index (χ3v) is 7.35. The van der Waals surface area contributed by atoms with Crippen molar-refractivity contribution in [2.45, 2.75) is 56.2 Å². The van der Waals surface area contributed by atoms with Gasteiger partial charge in [0.05, 0.1) is 4.75 Å². The van der Waals surface area contributed by atoms with Gasteiger partial charge in [-0.1, -0.05) is 24.3 Å². The Morgan fingerprint density at radius 2 is 2.00 bits per heavy atom. The molecule has 2 atom stereocenters. The third kappa shape index (κ3) is 3.32. The lowest BCUT2D eigenvalue weighted by atomic mass is 9.78. The van der Waals surface area contributed by atoms with Gasteiger partial charge in [0.15, 0.2) is 9.84 Å². The molecule has 0 saturated heterocycles. The van der Waals surface area contributed by atoms with Crippen molar-refractivity contribution in [3.05, 3.63) is 35.4 Å². The summed E-state index contributed by atoms with van der Waals surface area (Å²) >= 11 is 0. The standard InChI is InChI=1S/C17H27NO2S/c1-17(2,21(4,19)20)16(18-3)12-14-10-7-9-13-8-5-6-11-15(13)14/h5-6,8,11,14,16,18H,7,9-10,12H2,1-4H3. The van der Waals surface area contributed by atoms with Crippen LogP contribution in [0.3, 0.4) is 0 Å². The monoisotopic (exact) mass is 309 g/mol. The van der Waals surface area contributed by atoms with E-state index in [2.05, 4.69) is 29.6 Å². The molecule has 118 valence electrons. The van der Waals surface area contributed by atoms with E-state index in [0.29, 0.717) is 5.92 Å². The molecule has 1 N–H and O–H groups in total. The highest BCUT2D eigenvalue weighted by Gasteiger charge is 2.39. The van der Waals surface area contributed by atoms with Crippen molar-refractivity contribution < 1.29 is 8.42 Å². The van der Waals surface area contributed by atoms with E-state index in [1.54, 1.807) is 0 Å². The molecule has 0 bridgehead atoms. The third-order valence-electron chi connectivity index (χ3n) is 5.16. The van der Waals surface area contributed by atoms with Gasteiger partial charge in [-0.25, -0.2) is 8.42 Å². The molecule has 0 saturated carbocycles. The molecule has 2 rings (SSSR count). The van der Waals surface area contributed by atoms with Crippen LogP contribution in [0.2, 0.25) is 0 Å². The highest BCUT2D eigenvalue weighted by molar-refractivity contribution is 7.92. The molecule has 0 aliphatic heterocycles. The molecule has 4 heteroatoms. The molecule has 1 aliphatic rings. The van der Waals surface area contributed by atoms with Gasteiger partial charge in [-0.3, -0.25) is 0 Å². The van der Waals surface area contributed by atoms with Crippen molar-refractivity contribution in [2.24, 2.45) is 0 Å². The highest BCUT2D eigenvalue weighted by atomic mass is 32.2. The Bertz CT molecular complexity index is 593. The lowest BCUT2D eigenvalue weighted by molar-refractivity contribution is 0.366. The van der Waals surface area contributed by atoms with Crippen LogP contribution in [0.5, 0.6) is 0 Å². The first-order valence-corrected chi connectivity index (χ1v) is 9.61. The van der Waals surface area contributed by atoms with Crippen LogP contribution in [-0.2, 0) is 16.3 Å². The Morgan fingerprint density at radius 1 is 1.33 bits per heavy atom. The number of hydrogen-bond acceptors (Lipinski definition) is 3. The zero-order valence-corrected chi connectivity index (χ0v) is 14.3. The van der Waals surface area contributed by atoms with Gasteiger partial charge in [-0.15, -0.1) is 0 Å². The molecule has 0 fully saturated rings. The Labute approximate surface area is 129 Å². The molecule has 3 nitrogen and oxygen atoms in total. The summed E-state index contributed by atoms with van der Waals surface area (Å²) in [5.74, 6) is 0.452. The summed E-state index contributed by atoms with van der Waals surface area (Å²) in [5, 5.41) is 3.25. The van der Waals surface area contributed by atoms with Crippen LogP contribution in [-0.4, -0.2) is 32.5 Å². The minimum atomic E-state index is -3.10. The number of rotatable bonds is 5. The van der Waals surface area contributed by atoms with E-state index in [1.165, 1.54) is 23.8 Å². The van der Waals surface area contributed by atoms with E-state index in [0.717, 1.165) is 19.3 Å². The summed E-state index contributed by atoms with van der Waals surface area (Å²) in [4.78, 5) is 0. The Hall–Kier alpha value is -0.870. The smallest absolute Gasteiger partial charge is 0.154 e. The van der Waals surface area contributed by atoms with Crippen molar-refractivity contribution >= 4 is 9.84 Å². The van der Waals surface area contributed by atoms with Crippen molar-refractivity contribution in [2.75, 3.05) is 13.3 Å². The quantitative estimate of drug-likeness (QED) is 0.909. The van der Waals surface area contributed by atoms with Crippen LogP contribution >= 0.6 is 0 Å². The average molecular weight is 309 g/mol. The second kappa shape index (κ2) is 6.09. The van der Waals surface area contributed by atoms with Gasteiger partial charge >= 0.3 is 0 Å². The molecular weight excluding hydrogens is 282 g/mol. The second-order valence-corrected chi connectivity index (χ2v) is 9.34. The normalized spacial score (nSPS) is 20.9. The summed E-state index contributed by atoms with van der Waals surface area (Å²) in [7, 11) is -1.24. The molecule has 2 unspecified atom stereocenters. The zero-order valence-electron chi connectivity index (χ0n) is 13.5. The van der Waals surface area contributed by atoms with E-state index in [1.807, 2.05) is 20.9 Å². The van der Waals surface area contributed by atoms with Crippen LogP contribution in [0, 0.1) is 0 Å². The fourth-order valence-corrected chi connectivity index (χ4v) is 4.12. The SMILES string of the molecule is CNC(CC1CCCc2ccccc21)C(C)(C)S(C)(=O)=O. The topological polar surface area (TPSA) is 46.2 Å². The van der Waals surface area contributed by atoms with Crippen molar-refractivity contribution in [3.63, 3.8) is 0 Å². The minimum absolute atomic E-state index is 0.0383. The molecule has 0 radical (unpaired) electrons. The van der Waals surface area contributed by atoms with Gasteiger partial charge < -0.3 is 5.32 Å². The Balaban J connectivity index is 2.25. The van der Waals surface area contributed by atoms with Crippen molar-refractivity contribution in [1.82, 2.24) is 5.32 Å². The summed E-state index contributed by atoms with van der Waals surface area (Å²) < 4.78 is 23.4. The van der Waals surface area contributed by atoms with Crippen molar-refractivity contribution in [3.8, 4) is 0 Å². The van der Waals surface area contributed by atoms with E-state index >= 15 is 0 Å². The molecule has 0 amide bonds. The maximum atomic E-state index is 12.1. The first kappa shape index (κ1) is 16.5. The fraction of sp³-hybridized carbons (Fsp3) is 0.647. The van der Waals surface area contributed by atoms with Gasteiger partial charge in [-0.05, 0) is 63.6 Å². The van der Waals surface area contributed by atoms with Crippen LogP contribution in [0.15, 0.2) is 24.3 Å². The van der Waals surface area contributed by atoms with E-state index in [4.69, 9.17) is 0 Å². The average Bonchev–Trinajstić information content (AvgIpc) is 2.43. The lowest BCUT2D eigenvalue weighted by Gasteiger charge is -2.36. The predicted octanol–water partition coefficient (Wildman–Crippen LogP) is 2.91. The maximum Gasteiger partial charge on any atom is 0.154 e. The molecule has 0 aromatic heterocycles. The molecule has 21 heavy (non-hydrogen) atoms. The predicted molar refractivity (Wildman–Crippen MR) is 88.5 cm³/mol. The number of fused-ring (bicyclic) bond motifs is 1. The first-order valence-electron chi connectivity index (χ1n) is 7.72. The molecule has 0 heterocycles. The molecule has 1 aliphatic carbocycles. The van der Waals surface area contributed by atoms with Gasteiger partial charge in [0.25, 0.3) is 0 Å². The Kier molecular flexibility index (Phi) is 4.79. The van der Waals surface area contributed by atoms with E-state index in [-0.39, 0.29) is 6.04 Å². The Morgan fingerprint density at radius 3 is 2.62 bits per heavy atom. The lowest BCUT2D eigenvalue weighted by Crippen LogP contribution is -2.51. The molecule has 1 aromatic rings. The summed E-state index contributed by atoms with van der Waals surface area (Å²) in [5.41, 5.74) is 2.84. The number of benzene rings is 1. The number of sulfone groups is 1. The number of nitrogens with one attached hydrogen (secondary N) is 1. The van der Waals surface area contributed by atoms with Gasteiger partial charge in [0, 0.05) is 12.3 Å². The largest absolute Gasteiger partial charge is 0.315 e. The second-order valence-electron chi connectivity index (χ2n) is 6.74. The van der Waals surface area contributed by atoms with Crippen LogP contribution in [0.25, 0.3) is 0 Å². The minimum Gasteiger partial charge on any atom is -0.315 e. The highest BCUT2D eigenvalue weighted by Crippen LogP contribution is 2.37. The van der Waals surface area contributed by atoms with Crippen molar-refractivity contribution in [1.29, 1.82) is 0 Å². The molecule has 1 aromatic carbocycles. The molecular formula is C17H27NO2S. The van der Waals surface area contributed by atoms with Crippen LogP contribution in [0.4, 0.5) is 0 Å². The van der Waals surface area contributed by atoms with Crippen LogP contribution < -0.4 is 5.32 Å². The summed E-state index contributed by atoms with van der Waals surface area (Å²) in [6.45, 7) is 3.66. The summed E-state index contributed by atoms with van der Waals surface area (Å²) in [6.07, 6.45) is 5.69.